The van der Waals surface area contributed by atoms with Crippen molar-refractivity contribution in [1.82, 2.24) is 0 Å². The van der Waals surface area contributed by atoms with E-state index in [1.807, 2.05) is 0 Å². The van der Waals surface area contributed by atoms with Crippen LogP contribution in [0.4, 0.5) is 11.4 Å². The molecule has 6 nitrogen and oxygen atoms in total. The van der Waals surface area contributed by atoms with E-state index in [-0.39, 0.29) is 11.4 Å². The molecule has 1 heterocycles. The molecule has 17 heavy (non-hydrogen) atoms. The highest BCUT2D eigenvalue weighted by Gasteiger charge is 2.30. The number of anilines is 1. The lowest BCUT2D eigenvalue weighted by Gasteiger charge is -2.13. The molecule has 0 saturated heterocycles. The predicted octanol–water partition coefficient (Wildman–Crippen LogP) is 1.33. The Morgan fingerprint density at radius 1 is 1.18 bits per heavy atom. The number of carbonyl (C=O) groups excluding carboxylic acids is 2. The first-order chi connectivity index (χ1) is 8.00. The maximum Gasteiger partial charge on any atom is 0.293 e. The Labute approximate surface area is 96.3 Å². The molecule has 6 heteroatoms. The minimum Gasteiger partial charge on any atom is -0.269 e. The number of nitro benzene ring substituents is 1. The zero-order valence-corrected chi connectivity index (χ0v) is 8.91. The molecule has 1 aliphatic heterocycles. The van der Waals surface area contributed by atoms with Crippen LogP contribution in [0, 0.1) is 17.0 Å². The van der Waals surface area contributed by atoms with Gasteiger partial charge in [0.15, 0.2) is 0 Å². The van der Waals surface area contributed by atoms with Gasteiger partial charge in [0.2, 0.25) is 0 Å². The van der Waals surface area contributed by atoms with Gasteiger partial charge in [0, 0.05) is 18.2 Å². The van der Waals surface area contributed by atoms with E-state index >= 15 is 0 Å². The van der Waals surface area contributed by atoms with Gasteiger partial charge in [0.25, 0.3) is 17.5 Å². The molecule has 0 unspecified atom stereocenters. The molecule has 0 bridgehead atoms. The van der Waals surface area contributed by atoms with Crippen molar-refractivity contribution in [2.45, 2.75) is 6.92 Å². The van der Waals surface area contributed by atoms with Crippen LogP contribution in [-0.2, 0) is 9.59 Å². The van der Waals surface area contributed by atoms with Crippen molar-refractivity contribution in [3.05, 3.63) is 46.0 Å². The summed E-state index contributed by atoms with van der Waals surface area (Å²) in [5.74, 6) is -1.14. The lowest BCUT2D eigenvalue weighted by molar-refractivity contribution is -0.384. The number of imide groups is 1. The molecule has 86 valence electrons. The van der Waals surface area contributed by atoms with Crippen LogP contribution in [0.3, 0.4) is 0 Å². The lowest BCUT2D eigenvalue weighted by Crippen LogP contribution is -2.30. The van der Waals surface area contributed by atoms with Crippen molar-refractivity contribution in [1.29, 1.82) is 0 Å². The monoisotopic (exact) mass is 232 g/mol. The van der Waals surface area contributed by atoms with Crippen LogP contribution >= 0.6 is 0 Å². The topological polar surface area (TPSA) is 80.5 Å². The minimum atomic E-state index is -0.610. The summed E-state index contributed by atoms with van der Waals surface area (Å²) < 4.78 is 0. The van der Waals surface area contributed by atoms with Gasteiger partial charge in [-0.1, -0.05) is 6.07 Å². The van der Waals surface area contributed by atoms with E-state index in [0.29, 0.717) is 5.56 Å². The molecule has 2 amide bonds. The van der Waals surface area contributed by atoms with E-state index in [9.17, 15) is 19.7 Å². The SMILES string of the molecule is Cc1ccc(N2C(=O)C=CC2=O)c([N+](=O)[O-])c1. The van der Waals surface area contributed by atoms with Gasteiger partial charge >= 0.3 is 0 Å². The van der Waals surface area contributed by atoms with Gasteiger partial charge in [-0.05, 0) is 18.6 Å². The number of nitro groups is 1. The molecule has 0 fully saturated rings. The zero-order chi connectivity index (χ0) is 12.6. The molecule has 0 radical (unpaired) electrons. The van der Waals surface area contributed by atoms with E-state index in [1.54, 1.807) is 13.0 Å². The number of benzene rings is 1. The number of nitrogens with zero attached hydrogens (tertiary/aromatic N) is 2. The van der Waals surface area contributed by atoms with E-state index in [4.69, 9.17) is 0 Å². The second kappa shape index (κ2) is 3.82. The fourth-order valence-electron chi connectivity index (χ4n) is 1.61. The summed E-state index contributed by atoms with van der Waals surface area (Å²) in [7, 11) is 0. The van der Waals surface area contributed by atoms with Gasteiger partial charge in [0.05, 0.1) is 4.92 Å². The molecule has 1 aliphatic rings. The summed E-state index contributed by atoms with van der Waals surface area (Å²) in [4.78, 5) is 33.9. The average Bonchev–Trinajstić information content (AvgIpc) is 2.59. The molecular weight excluding hydrogens is 224 g/mol. The van der Waals surface area contributed by atoms with Crippen LogP contribution in [0.15, 0.2) is 30.4 Å². The first kappa shape index (κ1) is 11.0. The van der Waals surface area contributed by atoms with Gasteiger partial charge in [-0.25, -0.2) is 4.90 Å². The Hall–Kier alpha value is -2.50. The summed E-state index contributed by atoms with van der Waals surface area (Å²) in [6.07, 6.45) is 2.18. The standard InChI is InChI=1S/C11H8N2O4/c1-7-2-3-8(9(6-7)13(16)17)12-10(14)4-5-11(12)15/h2-6H,1H3. The molecule has 2 rings (SSSR count). The van der Waals surface area contributed by atoms with Crippen LogP contribution < -0.4 is 4.90 Å². The molecule has 0 aliphatic carbocycles. The largest absolute Gasteiger partial charge is 0.293 e. The molecule has 0 saturated carbocycles. The molecule has 1 aromatic carbocycles. The number of rotatable bonds is 2. The van der Waals surface area contributed by atoms with Gasteiger partial charge in [-0.3, -0.25) is 19.7 Å². The van der Waals surface area contributed by atoms with Crippen molar-refractivity contribution in [3.8, 4) is 0 Å². The summed E-state index contributed by atoms with van der Waals surface area (Å²) in [6.45, 7) is 1.70. The van der Waals surface area contributed by atoms with Crippen LogP contribution in [0.2, 0.25) is 0 Å². The molecule has 0 spiro atoms. The predicted molar refractivity (Wildman–Crippen MR) is 59.5 cm³/mol. The Balaban J connectivity index is 2.56. The maximum absolute atomic E-state index is 11.4. The summed E-state index contributed by atoms with van der Waals surface area (Å²) in [6, 6.07) is 4.34. The smallest absolute Gasteiger partial charge is 0.269 e. The van der Waals surface area contributed by atoms with Crippen LogP contribution in [-0.4, -0.2) is 16.7 Å². The second-order valence-corrected chi connectivity index (χ2v) is 3.59. The van der Waals surface area contributed by atoms with E-state index in [2.05, 4.69) is 0 Å². The van der Waals surface area contributed by atoms with Crippen LogP contribution in [0.25, 0.3) is 0 Å². The van der Waals surface area contributed by atoms with Crippen molar-refractivity contribution in [2.24, 2.45) is 0 Å². The third-order valence-electron chi connectivity index (χ3n) is 2.38. The normalized spacial score (nSPS) is 14.5. The second-order valence-electron chi connectivity index (χ2n) is 3.59. The summed E-state index contributed by atoms with van der Waals surface area (Å²) >= 11 is 0. The van der Waals surface area contributed by atoms with Gasteiger partial charge in [-0.15, -0.1) is 0 Å². The Bertz CT molecular complexity index is 545. The van der Waals surface area contributed by atoms with Gasteiger partial charge in [-0.2, -0.15) is 0 Å². The first-order valence-corrected chi connectivity index (χ1v) is 4.82. The average molecular weight is 232 g/mol. The maximum atomic E-state index is 11.4. The fourth-order valence-corrected chi connectivity index (χ4v) is 1.61. The van der Waals surface area contributed by atoms with Crippen molar-refractivity contribution >= 4 is 23.2 Å². The molecular formula is C11H8N2O4. The third-order valence-corrected chi connectivity index (χ3v) is 2.38. The number of hydrogen-bond donors (Lipinski definition) is 0. The van der Waals surface area contributed by atoms with Crippen LogP contribution in [0.5, 0.6) is 0 Å². The van der Waals surface area contributed by atoms with E-state index < -0.39 is 16.7 Å². The molecule has 0 N–H and O–H groups in total. The number of hydrogen-bond acceptors (Lipinski definition) is 4. The summed E-state index contributed by atoms with van der Waals surface area (Å²) in [5, 5.41) is 10.9. The van der Waals surface area contributed by atoms with Crippen molar-refractivity contribution in [3.63, 3.8) is 0 Å². The molecule has 1 aromatic rings. The van der Waals surface area contributed by atoms with E-state index in [0.717, 1.165) is 17.1 Å². The lowest BCUT2D eigenvalue weighted by atomic mass is 10.2. The Morgan fingerprint density at radius 3 is 2.29 bits per heavy atom. The highest BCUT2D eigenvalue weighted by molar-refractivity contribution is 6.28. The highest BCUT2D eigenvalue weighted by Crippen LogP contribution is 2.30. The van der Waals surface area contributed by atoms with Crippen LogP contribution in [0.1, 0.15) is 5.56 Å². The zero-order valence-electron chi connectivity index (χ0n) is 8.91. The summed E-state index contributed by atoms with van der Waals surface area (Å²) in [5.41, 5.74) is 0.434. The van der Waals surface area contributed by atoms with Crippen molar-refractivity contribution < 1.29 is 14.5 Å². The Kier molecular flexibility index (Phi) is 2.47. The van der Waals surface area contributed by atoms with E-state index in [1.165, 1.54) is 12.1 Å². The quantitative estimate of drug-likeness (QED) is 0.437. The molecule has 0 atom stereocenters. The van der Waals surface area contributed by atoms with Gasteiger partial charge in [0.1, 0.15) is 5.69 Å². The number of amides is 2. The van der Waals surface area contributed by atoms with Gasteiger partial charge < -0.3 is 0 Å². The Morgan fingerprint density at radius 2 is 1.76 bits per heavy atom. The number of carbonyl (C=O) groups is 2. The number of aryl methyl sites for hydroxylation is 1. The fraction of sp³-hybridized carbons (Fsp3) is 0.0909. The molecule has 0 aromatic heterocycles. The third kappa shape index (κ3) is 1.80. The minimum absolute atomic E-state index is 0.000556. The first-order valence-electron chi connectivity index (χ1n) is 4.82. The highest BCUT2D eigenvalue weighted by atomic mass is 16.6. The van der Waals surface area contributed by atoms with Crippen molar-refractivity contribution in [2.75, 3.05) is 4.90 Å².